The van der Waals surface area contributed by atoms with Crippen LogP contribution in [0.1, 0.15) is 5.56 Å². The Hall–Kier alpha value is -1.05. The summed E-state index contributed by atoms with van der Waals surface area (Å²) in [7, 11) is -3.26. The maximum absolute atomic E-state index is 12.2. The van der Waals surface area contributed by atoms with E-state index in [0.717, 1.165) is 24.6 Å². The maximum Gasteiger partial charge on any atom is 0.179 e. The second-order valence-electron chi connectivity index (χ2n) is 4.71. The lowest BCUT2D eigenvalue weighted by Gasteiger charge is -2.25. The van der Waals surface area contributed by atoms with Gasteiger partial charge in [-0.2, -0.15) is 11.8 Å². The van der Waals surface area contributed by atoms with Crippen molar-refractivity contribution in [1.29, 1.82) is 5.41 Å². The second kappa shape index (κ2) is 6.60. The number of nitrogens with two attached hydrogens (primary N) is 1. The van der Waals surface area contributed by atoms with E-state index in [4.69, 9.17) is 11.1 Å². The van der Waals surface area contributed by atoms with E-state index in [0.29, 0.717) is 17.0 Å². The van der Waals surface area contributed by atoms with Gasteiger partial charge in [-0.1, -0.05) is 12.1 Å². The molecule has 2 rings (SSSR count). The number of benzene rings is 1. The van der Waals surface area contributed by atoms with E-state index in [-0.39, 0.29) is 11.6 Å². The first-order valence-electron chi connectivity index (χ1n) is 6.46. The van der Waals surface area contributed by atoms with Crippen LogP contribution in [0, 0.1) is 5.41 Å². The van der Waals surface area contributed by atoms with Crippen molar-refractivity contribution in [3.8, 4) is 0 Å². The number of amidine groups is 1. The molecule has 1 fully saturated rings. The van der Waals surface area contributed by atoms with Crippen molar-refractivity contribution < 1.29 is 8.42 Å². The highest BCUT2D eigenvalue weighted by Crippen LogP contribution is 2.14. The van der Waals surface area contributed by atoms with Crippen LogP contribution in [0.15, 0.2) is 29.2 Å². The van der Waals surface area contributed by atoms with Crippen LogP contribution in [0.25, 0.3) is 0 Å². The van der Waals surface area contributed by atoms with Gasteiger partial charge in [-0.25, -0.2) is 8.42 Å². The topological polar surface area (TPSA) is 87.2 Å². The van der Waals surface area contributed by atoms with Gasteiger partial charge in [-0.3, -0.25) is 5.41 Å². The highest BCUT2D eigenvalue weighted by Gasteiger charge is 2.18. The summed E-state index contributed by atoms with van der Waals surface area (Å²) in [6.45, 7) is 2.50. The number of sulfone groups is 1. The van der Waals surface area contributed by atoms with E-state index in [2.05, 4.69) is 4.90 Å². The molecule has 1 aromatic rings. The fourth-order valence-electron chi connectivity index (χ4n) is 2.03. The Labute approximate surface area is 124 Å². The lowest BCUT2D eigenvalue weighted by molar-refractivity contribution is 0.320. The normalized spacial score (nSPS) is 17.0. The Morgan fingerprint density at radius 1 is 1.25 bits per heavy atom. The molecule has 7 heteroatoms. The fourth-order valence-corrected chi connectivity index (χ4v) is 4.30. The molecule has 0 amide bonds. The Morgan fingerprint density at radius 2 is 1.85 bits per heavy atom. The van der Waals surface area contributed by atoms with Crippen LogP contribution in [-0.2, 0) is 9.84 Å². The molecular formula is C13H19N3O2S2. The van der Waals surface area contributed by atoms with Gasteiger partial charge in [0.15, 0.2) is 9.84 Å². The van der Waals surface area contributed by atoms with E-state index >= 15 is 0 Å². The average Bonchev–Trinajstić information content (AvgIpc) is 2.46. The summed E-state index contributed by atoms with van der Waals surface area (Å²) >= 11 is 1.91. The predicted molar refractivity (Wildman–Crippen MR) is 83.3 cm³/mol. The van der Waals surface area contributed by atoms with E-state index in [1.165, 1.54) is 12.1 Å². The molecule has 0 bridgehead atoms. The Morgan fingerprint density at radius 3 is 2.40 bits per heavy atom. The third-order valence-electron chi connectivity index (χ3n) is 3.30. The van der Waals surface area contributed by atoms with Gasteiger partial charge < -0.3 is 10.6 Å². The predicted octanol–water partition coefficient (Wildman–Crippen LogP) is 0.793. The van der Waals surface area contributed by atoms with Crippen LogP contribution in [-0.4, -0.2) is 56.0 Å². The molecule has 1 aliphatic heterocycles. The quantitative estimate of drug-likeness (QED) is 0.620. The summed E-state index contributed by atoms with van der Waals surface area (Å²) in [5.41, 5.74) is 5.89. The van der Waals surface area contributed by atoms with Crippen molar-refractivity contribution >= 4 is 27.4 Å². The molecular weight excluding hydrogens is 294 g/mol. The molecule has 0 atom stereocenters. The molecule has 20 heavy (non-hydrogen) atoms. The number of rotatable bonds is 5. The van der Waals surface area contributed by atoms with E-state index in [1.54, 1.807) is 12.1 Å². The first-order chi connectivity index (χ1) is 9.49. The number of nitrogen functional groups attached to an aromatic ring is 1. The third kappa shape index (κ3) is 3.97. The molecule has 1 saturated heterocycles. The summed E-state index contributed by atoms with van der Waals surface area (Å²) in [5.74, 6) is 2.23. The van der Waals surface area contributed by atoms with Gasteiger partial charge in [0, 0.05) is 36.7 Å². The maximum atomic E-state index is 12.2. The number of thioether (sulfide) groups is 1. The van der Waals surface area contributed by atoms with Crippen LogP contribution in [0.4, 0.5) is 0 Å². The monoisotopic (exact) mass is 313 g/mol. The Bertz CT molecular complexity index is 564. The molecule has 110 valence electrons. The standard InChI is InChI=1S/C13H19N3O2S2/c14-13(15)11-1-3-12(4-2-11)20(17,18)10-7-16-5-8-19-9-6-16/h1-4H,5-10H2,(H3,14,15). The molecule has 0 aromatic heterocycles. The van der Waals surface area contributed by atoms with Gasteiger partial charge in [-0.05, 0) is 12.1 Å². The molecule has 3 N–H and O–H groups in total. The summed E-state index contributed by atoms with van der Waals surface area (Å²) in [6, 6.07) is 6.20. The fraction of sp³-hybridized carbons (Fsp3) is 0.462. The lowest BCUT2D eigenvalue weighted by atomic mass is 10.2. The minimum Gasteiger partial charge on any atom is -0.384 e. The van der Waals surface area contributed by atoms with Crippen molar-refractivity contribution in [2.75, 3.05) is 36.9 Å². The van der Waals surface area contributed by atoms with Gasteiger partial charge in [0.1, 0.15) is 5.84 Å². The minimum absolute atomic E-state index is 0.0558. The van der Waals surface area contributed by atoms with Crippen LogP contribution in [0.3, 0.4) is 0 Å². The summed E-state index contributed by atoms with van der Waals surface area (Å²) in [4.78, 5) is 2.49. The summed E-state index contributed by atoms with van der Waals surface area (Å²) in [5, 5.41) is 7.30. The molecule has 0 unspecified atom stereocenters. The SMILES string of the molecule is N=C(N)c1ccc(S(=O)(=O)CCN2CCSCC2)cc1. The molecule has 5 nitrogen and oxygen atoms in total. The Balaban J connectivity index is 2.00. The summed E-state index contributed by atoms with van der Waals surface area (Å²) in [6.07, 6.45) is 0. The van der Waals surface area contributed by atoms with E-state index in [1.807, 2.05) is 11.8 Å². The zero-order chi connectivity index (χ0) is 14.6. The zero-order valence-electron chi connectivity index (χ0n) is 11.2. The molecule has 0 spiro atoms. The van der Waals surface area contributed by atoms with Crippen LogP contribution >= 0.6 is 11.8 Å². The first-order valence-corrected chi connectivity index (χ1v) is 9.27. The third-order valence-corrected chi connectivity index (χ3v) is 5.96. The van der Waals surface area contributed by atoms with Gasteiger partial charge in [0.05, 0.1) is 10.6 Å². The van der Waals surface area contributed by atoms with Gasteiger partial charge >= 0.3 is 0 Å². The van der Waals surface area contributed by atoms with Crippen LogP contribution in [0.2, 0.25) is 0 Å². The average molecular weight is 313 g/mol. The molecule has 1 aromatic carbocycles. The van der Waals surface area contributed by atoms with Crippen molar-refractivity contribution in [2.24, 2.45) is 5.73 Å². The zero-order valence-corrected chi connectivity index (χ0v) is 12.8. The van der Waals surface area contributed by atoms with E-state index in [9.17, 15) is 8.42 Å². The van der Waals surface area contributed by atoms with Crippen LogP contribution < -0.4 is 5.73 Å². The number of hydrogen-bond donors (Lipinski definition) is 2. The van der Waals surface area contributed by atoms with Gasteiger partial charge in [-0.15, -0.1) is 0 Å². The van der Waals surface area contributed by atoms with Crippen molar-refractivity contribution in [1.82, 2.24) is 4.90 Å². The van der Waals surface area contributed by atoms with Crippen molar-refractivity contribution in [3.63, 3.8) is 0 Å². The smallest absolute Gasteiger partial charge is 0.179 e. The highest BCUT2D eigenvalue weighted by molar-refractivity contribution is 7.99. The first kappa shape index (κ1) is 15.3. The number of nitrogens with zero attached hydrogens (tertiary/aromatic N) is 1. The largest absolute Gasteiger partial charge is 0.384 e. The van der Waals surface area contributed by atoms with Crippen molar-refractivity contribution in [2.45, 2.75) is 4.90 Å². The Kier molecular flexibility index (Phi) is 5.06. The lowest BCUT2D eigenvalue weighted by Crippen LogP contribution is -2.36. The molecule has 1 aliphatic rings. The van der Waals surface area contributed by atoms with Gasteiger partial charge in [0.2, 0.25) is 0 Å². The molecule has 0 radical (unpaired) electrons. The number of hydrogen-bond acceptors (Lipinski definition) is 5. The molecule has 1 heterocycles. The molecule has 0 saturated carbocycles. The minimum atomic E-state index is -3.26. The highest BCUT2D eigenvalue weighted by atomic mass is 32.2. The van der Waals surface area contributed by atoms with Crippen LogP contribution in [0.5, 0.6) is 0 Å². The van der Waals surface area contributed by atoms with E-state index < -0.39 is 9.84 Å². The second-order valence-corrected chi connectivity index (χ2v) is 8.04. The van der Waals surface area contributed by atoms with Gasteiger partial charge in [0.25, 0.3) is 0 Å². The summed E-state index contributed by atoms with van der Waals surface area (Å²) < 4.78 is 24.5. The van der Waals surface area contributed by atoms with Crippen molar-refractivity contribution in [3.05, 3.63) is 29.8 Å². The number of nitrogens with one attached hydrogen (secondary N) is 1. The molecule has 0 aliphatic carbocycles.